The summed E-state index contributed by atoms with van der Waals surface area (Å²) in [6.07, 6.45) is 0. The van der Waals surface area contributed by atoms with Gasteiger partial charge in [0.25, 0.3) is 12.9 Å². The topological polar surface area (TPSA) is 415 Å². The van der Waals surface area contributed by atoms with Crippen LogP contribution in [0.5, 0.6) is 0 Å². The first-order valence-corrected chi connectivity index (χ1v) is 3.61. The Bertz CT molecular complexity index is 112. The van der Waals surface area contributed by atoms with E-state index in [1.165, 1.54) is 0 Å². The van der Waals surface area contributed by atoms with Crippen molar-refractivity contribution in [3.8, 4) is 0 Å². The number of aliphatic hydroxyl groups is 8. The Morgan fingerprint density at radius 2 is 0.656 bits per heavy atom. The first-order valence-electron chi connectivity index (χ1n) is 3.61. The van der Waals surface area contributed by atoms with E-state index in [1.807, 2.05) is 0 Å². The SMILES string of the molecule is C.C.O.O.O=CO.O=C[O-].OC(O)O.OCO.OCO.[K+].[K+].[K+].[K+].[K+].[K+].[O-]CO.[OH-].[OH-].[OH-]. The molecule has 0 aromatic carbocycles. The summed E-state index contributed by atoms with van der Waals surface area (Å²) in [6.45, 7) is -5.42. The summed E-state index contributed by atoms with van der Waals surface area (Å²) < 4.78 is 0. The quantitative estimate of drug-likeness (QED) is 0.0666. The number of carbonyl (C=O) groups excluding carboxylic acids is 1. The van der Waals surface area contributed by atoms with Crippen LogP contribution in [0.2, 0.25) is 0 Å². The number of hydrogen-bond acceptors (Lipinski definition) is 15. The van der Waals surface area contributed by atoms with Crippen LogP contribution in [0.25, 0.3) is 0 Å². The van der Waals surface area contributed by atoms with E-state index < -0.39 is 33.3 Å². The fourth-order valence-corrected chi connectivity index (χ4v) is 0. The van der Waals surface area contributed by atoms with Crippen molar-refractivity contribution in [3.05, 3.63) is 0 Å². The van der Waals surface area contributed by atoms with E-state index in [4.69, 9.17) is 65.8 Å². The van der Waals surface area contributed by atoms with Gasteiger partial charge in [0.2, 0.25) is 0 Å². The van der Waals surface area contributed by atoms with Crippen molar-refractivity contribution in [1.29, 1.82) is 0 Å². The molecule has 0 spiro atoms. The molecule has 0 aliphatic heterocycles. The molecular weight excluding hydrogens is 619 g/mol. The summed E-state index contributed by atoms with van der Waals surface area (Å²) >= 11 is 0. The Labute approximate surface area is 442 Å². The molecule has 0 bridgehead atoms. The molecule has 0 heterocycles. The van der Waals surface area contributed by atoms with Gasteiger partial charge in [-0.05, 0) is 6.79 Å². The first-order chi connectivity index (χ1) is 8.80. The van der Waals surface area contributed by atoms with Crippen molar-refractivity contribution in [2.24, 2.45) is 0 Å². The number of carboxylic acid groups (broad SMARTS) is 2. The Hall–Kier alpha value is 8.20. The predicted octanol–water partition coefficient (Wildman–Crippen LogP) is -26.4. The van der Waals surface area contributed by atoms with Crippen molar-refractivity contribution >= 4 is 12.9 Å². The van der Waals surface area contributed by atoms with Gasteiger partial charge in [-0.1, -0.05) is 14.9 Å². The van der Waals surface area contributed by atoms with E-state index in [-0.39, 0.29) is 357 Å². The van der Waals surface area contributed by atoms with Crippen LogP contribution in [0.15, 0.2) is 0 Å². The molecule has 18 nitrogen and oxygen atoms in total. The van der Waals surface area contributed by atoms with Gasteiger partial charge in [0.1, 0.15) is 13.6 Å². The smallest absolute Gasteiger partial charge is 0.870 e. The van der Waals surface area contributed by atoms with E-state index in [0.717, 1.165) is 0 Å². The van der Waals surface area contributed by atoms with E-state index in [2.05, 4.69) is 0 Å². The van der Waals surface area contributed by atoms with Crippen molar-refractivity contribution < 1.29 is 401 Å². The molecule has 16 N–H and O–H groups in total. The second-order valence-corrected chi connectivity index (χ2v) is 0.960. The molecule has 24 heteroatoms. The molecule has 0 saturated carbocycles. The molecule has 0 aliphatic rings. The standard InChI is InChI=1S/CH4O3.2CH4O2.CH3O2.2CH2O2.2CH4.6K.5H2O/c2-1(3)4;5*2-1-3;;;;;;;;;;;;;/h1-4H;2*2-3H,1H2;2H,1H2;2*1H,(H,2,3);2*1H4;;;;;;;5*1H2/q;;;-1;;;;;6*+1;;;;;/p-4. The summed E-state index contributed by atoms with van der Waals surface area (Å²) in [5.41, 5.74) is 0. The van der Waals surface area contributed by atoms with E-state index in [0.29, 0.717) is 0 Å². The molecule has 0 aliphatic carbocycles. The first kappa shape index (κ1) is 137. The minimum absolute atomic E-state index is 0. The Morgan fingerprint density at radius 1 is 0.656 bits per heavy atom. The fourth-order valence-electron chi connectivity index (χ4n) is 0. The average Bonchev–Trinajstić information content (AvgIpc) is 2.21. The monoisotopic (exact) mass is 651 g/mol. The molecule has 32 heavy (non-hydrogen) atoms. The van der Waals surface area contributed by atoms with Crippen molar-refractivity contribution in [2.75, 3.05) is 20.4 Å². The molecule has 0 atom stereocenters. The maximum Gasteiger partial charge on any atom is 1.00 e. The van der Waals surface area contributed by atoms with Crippen molar-refractivity contribution in [1.82, 2.24) is 0 Å². The third-order valence-electron chi connectivity index (χ3n) is 0. The second kappa shape index (κ2) is 218. The average molecular weight is 652 g/mol. The Balaban J connectivity index is -0.00000000346. The maximum atomic E-state index is 8.49. The number of carbonyl (C=O) groups is 2. The van der Waals surface area contributed by atoms with Gasteiger partial charge in [-0.2, -0.15) is 0 Å². The minimum atomic E-state index is -2.17. The molecule has 0 aromatic rings. The van der Waals surface area contributed by atoms with Crippen LogP contribution in [0.1, 0.15) is 14.9 Å². The zero-order chi connectivity index (χ0) is 17.1. The maximum absolute atomic E-state index is 8.49. The summed E-state index contributed by atoms with van der Waals surface area (Å²) in [6, 6.07) is 0. The fraction of sp³-hybridized carbons (Fsp3) is 0.750. The van der Waals surface area contributed by atoms with Crippen LogP contribution in [0.3, 0.4) is 0 Å². The van der Waals surface area contributed by atoms with Crippen LogP contribution in [-0.4, -0.2) is 113 Å². The molecule has 178 valence electrons. The molecule has 0 saturated heterocycles. The van der Waals surface area contributed by atoms with Gasteiger partial charge in [0, 0.05) is 6.47 Å². The van der Waals surface area contributed by atoms with Crippen LogP contribution in [-0.2, 0) is 9.59 Å². The van der Waals surface area contributed by atoms with Crippen LogP contribution in [0, 0.1) is 0 Å². The largest absolute Gasteiger partial charge is 1.00 e. The van der Waals surface area contributed by atoms with Gasteiger partial charge in [0.15, 0.2) is 0 Å². The van der Waals surface area contributed by atoms with Gasteiger partial charge in [0.05, 0.1) is 0 Å². The van der Waals surface area contributed by atoms with Gasteiger partial charge in [-0.25, -0.2) is 0 Å². The van der Waals surface area contributed by atoms with Gasteiger partial charge in [-0.3, -0.25) is 4.79 Å². The molecule has 0 aromatic heterocycles. The van der Waals surface area contributed by atoms with Gasteiger partial charge in [-0.15, -0.1) is 0 Å². The third-order valence-corrected chi connectivity index (χ3v) is 0. The summed E-state index contributed by atoms with van der Waals surface area (Å²) in [5, 5.41) is 80.6. The third kappa shape index (κ3) is 786. The Morgan fingerprint density at radius 3 is 0.656 bits per heavy atom. The van der Waals surface area contributed by atoms with Crippen LogP contribution < -0.4 is 319 Å². The normalized spacial score (nSPS) is 3.56. The molecule has 0 rings (SSSR count). The Kier molecular flexibility index (Phi) is 936. The summed E-state index contributed by atoms with van der Waals surface area (Å²) in [4.78, 5) is 16.6. The van der Waals surface area contributed by atoms with Crippen molar-refractivity contribution in [2.45, 2.75) is 21.3 Å². The zero-order valence-corrected chi connectivity index (χ0v) is 36.6. The molecule has 0 unspecified atom stereocenters. The van der Waals surface area contributed by atoms with E-state index in [1.54, 1.807) is 0 Å². The second-order valence-electron chi connectivity index (χ2n) is 0.960. The molecule has 0 fully saturated rings. The van der Waals surface area contributed by atoms with E-state index >= 15 is 0 Å². The zero-order valence-electron chi connectivity index (χ0n) is 17.9. The number of hydrogen-bond donors (Lipinski definition) is 9. The predicted molar refractivity (Wildman–Crippen MR) is 77.4 cm³/mol. The molecule has 0 radical (unpaired) electrons. The van der Waals surface area contributed by atoms with Crippen LogP contribution in [0.4, 0.5) is 0 Å². The number of aliphatic hydroxyl groups excluding tert-OH is 4. The molecule has 0 amide bonds. The van der Waals surface area contributed by atoms with Gasteiger partial charge < -0.3 is 88.3 Å². The minimum Gasteiger partial charge on any atom is -0.870 e. The summed E-state index contributed by atoms with van der Waals surface area (Å²) in [7, 11) is 0. The molecular formula is C8H33K6O18+. The van der Waals surface area contributed by atoms with Crippen molar-refractivity contribution in [3.63, 3.8) is 0 Å². The van der Waals surface area contributed by atoms with Crippen LogP contribution >= 0.6 is 0 Å². The summed E-state index contributed by atoms with van der Waals surface area (Å²) in [5.74, 6) is 0. The van der Waals surface area contributed by atoms with Gasteiger partial charge >= 0.3 is 308 Å². The van der Waals surface area contributed by atoms with E-state index in [9.17, 15) is 0 Å². The number of rotatable bonds is 0.